The minimum atomic E-state index is -3.64. The quantitative estimate of drug-likeness (QED) is 0.595. The number of aliphatic hydroxyl groups is 1. The van der Waals surface area contributed by atoms with Gasteiger partial charge < -0.3 is 10.2 Å². The first-order valence-electron chi connectivity index (χ1n) is 8.70. The number of halogens is 1. The van der Waals surface area contributed by atoms with Crippen LogP contribution in [-0.2, 0) is 14.8 Å². The maximum Gasteiger partial charge on any atom is 0.306 e. The predicted octanol–water partition coefficient (Wildman–Crippen LogP) is 2.63. The monoisotopic (exact) mass is 423 g/mol. The molecule has 1 atom stereocenters. The summed E-state index contributed by atoms with van der Waals surface area (Å²) in [7, 11) is -3.64. The number of hydrogen-bond donors (Lipinski definition) is 3. The molecule has 0 aliphatic carbocycles. The standard InChI is InChI=1S/C19H22FN3O5S/c1-11(2)17-15(9-8-14(24)10-16(25)26)18(12-4-6-13(20)7-5-12)22-19(21-17)23-29(3,27)28/h4-9,11,14,24H,10H2,1-3H3,(H,25,26)(H,21,22,23)/b9-8+. The Hall–Kier alpha value is -2.85. The summed E-state index contributed by atoms with van der Waals surface area (Å²) < 4.78 is 38.9. The average Bonchev–Trinajstić information content (AvgIpc) is 2.58. The Balaban J connectivity index is 2.68. The van der Waals surface area contributed by atoms with E-state index in [4.69, 9.17) is 5.11 Å². The summed E-state index contributed by atoms with van der Waals surface area (Å²) in [5, 5.41) is 18.7. The fourth-order valence-electron chi connectivity index (χ4n) is 2.58. The molecule has 0 saturated carbocycles. The van der Waals surface area contributed by atoms with Gasteiger partial charge in [0.1, 0.15) is 5.82 Å². The highest BCUT2D eigenvalue weighted by Crippen LogP contribution is 2.30. The lowest BCUT2D eigenvalue weighted by Crippen LogP contribution is -2.15. The predicted molar refractivity (Wildman–Crippen MR) is 107 cm³/mol. The van der Waals surface area contributed by atoms with E-state index in [0.29, 0.717) is 22.5 Å². The van der Waals surface area contributed by atoms with Crippen molar-refractivity contribution in [2.45, 2.75) is 32.3 Å². The van der Waals surface area contributed by atoms with Gasteiger partial charge in [-0.15, -0.1) is 0 Å². The summed E-state index contributed by atoms with van der Waals surface area (Å²) in [6, 6.07) is 5.44. The number of carboxylic acid groups (broad SMARTS) is 1. The number of benzene rings is 1. The lowest BCUT2D eigenvalue weighted by molar-refractivity contribution is -0.138. The fourth-order valence-corrected chi connectivity index (χ4v) is 3.01. The Morgan fingerprint density at radius 1 is 1.24 bits per heavy atom. The van der Waals surface area contributed by atoms with Crippen LogP contribution in [0.4, 0.5) is 10.3 Å². The molecule has 2 rings (SSSR count). The molecule has 3 N–H and O–H groups in total. The smallest absolute Gasteiger partial charge is 0.306 e. The first kappa shape index (κ1) is 22.4. The number of aromatic nitrogens is 2. The van der Waals surface area contributed by atoms with E-state index in [-0.39, 0.29) is 11.9 Å². The molecule has 0 amide bonds. The highest BCUT2D eigenvalue weighted by atomic mass is 32.2. The second kappa shape index (κ2) is 9.10. The summed E-state index contributed by atoms with van der Waals surface area (Å²) in [6.07, 6.45) is 2.05. The number of aliphatic hydroxyl groups excluding tert-OH is 1. The van der Waals surface area contributed by atoms with Crippen molar-refractivity contribution in [2.24, 2.45) is 0 Å². The Morgan fingerprint density at radius 3 is 2.38 bits per heavy atom. The molecule has 1 aromatic carbocycles. The maximum atomic E-state index is 13.4. The van der Waals surface area contributed by atoms with Crippen LogP contribution >= 0.6 is 0 Å². The molecule has 10 heteroatoms. The van der Waals surface area contributed by atoms with Crippen molar-refractivity contribution in [2.75, 3.05) is 11.0 Å². The molecule has 0 aliphatic heterocycles. The number of rotatable bonds is 8. The topological polar surface area (TPSA) is 129 Å². The van der Waals surface area contributed by atoms with Crippen molar-refractivity contribution in [3.63, 3.8) is 0 Å². The van der Waals surface area contributed by atoms with Gasteiger partial charge in [0, 0.05) is 11.1 Å². The lowest BCUT2D eigenvalue weighted by Gasteiger charge is -2.16. The molecular formula is C19H22FN3O5S. The third-order valence-electron chi connectivity index (χ3n) is 3.79. The van der Waals surface area contributed by atoms with Crippen LogP contribution in [-0.4, -0.2) is 46.9 Å². The van der Waals surface area contributed by atoms with E-state index in [0.717, 1.165) is 6.26 Å². The molecule has 0 saturated heterocycles. The molecule has 1 aromatic heterocycles. The normalized spacial score (nSPS) is 13.0. The number of sulfonamides is 1. The van der Waals surface area contributed by atoms with E-state index < -0.39 is 34.3 Å². The molecule has 0 fully saturated rings. The van der Waals surface area contributed by atoms with Gasteiger partial charge in [-0.05, 0) is 30.2 Å². The highest BCUT2D eigenvalue weighted by molar-refractivity contribution is 7.91. The van der Waals surface area contributed by atoms with E-state index in [2.05, 4.69) is 14.7 Å². The summed E-state index contributed by atoms with van der Waals surface area (Å²) in [6.45, 7) is 3.68. The van der Waals surface area contributed by atoms with Gasteiger partial charge in [0.2, 0.25) is 16.0 Å². The van der Waals surface area contributed by atoms with Crippen LogP contribution in [0.3, 0.4) is 0 Å². The van der Waals surface area contributed by atoms with Gasteiger partial charge in [0.15, 0.2) is 0 Å². The number of aliphatic carboxylic acids is 1. The SMILES string of the molecule is CC(C)c1nc(NS(C)(=O)=O)nc(-c2ccc(F)cc2)c1/C=C/C(O)CC(=O)O. The third kappa shape index (κ3) is 6.61. The van der Waals surface area contributed by atoms with Crippen LogP contribution in [0, 0.1) is 5.82 Å². The lowest BCUT2D eigenvalue weighted by atomic mass is 9.97. The minimum Gasteiger partial charge on any atom is -0.481 e. The van der Waals surface area contributed by atoms with E-state index in [9.17, 15) is 22.7 Å². The van der Waals surface area contributed by atoms with E-state index in [1.807, 2.05) is 13.8 Å². The number of nitrogens with one attached hydrogen (secondary N) is 1. The second-order valence-electron chi connectivity index (χ2n) is 6.75. The molecule has 8 nitrogen and oxygen atoms in total. The molecule has 0 bridgehead atoms. The Bertz CT molecular complexity index is 1020. The number of carboxylic acids is 1. The van der Waals surface area contributed by atoms with E-state index in [1.165, 1.54) is 36.4 Å². The van der Waals surface area contributed by atoms with Crippen LogP contribution in [0.1, 0.15) is 37.4 Å². The largest absolute Gasteiger partial charge is 0.481 e. The van der Waals surface area contributed by atoms with Gasteiger partial charge in [0.25, 0.3) is 0 Å². The van der Waals surface area contributed by atoms with Gasteiger partial charge in [-0.25, -0.2) is 22.8 Å². The van der Waals surface area contributed by atoms with Gasteiger partial charge in [-0.2, -0.15) is 0 Å². The Kier molecular flexibility index (Phi) is 7.04. The van der Waals surface area contributed by atoms with Crippen LogP contribution in [0.25, 0.3) is 17.3 Å². The first-order valence-corrected chi connectivity index (χ1v) is 10.6. The molecule has 1 heterocycles. The first-order chi connectivity index (χ1) is 13.5. The summed E-state index contributed by atoms with van der Waals surface area (Å²) >= 11 is 0. The van der Waals surface area contributed by atoms with Gasteiger partial charge >= 0.3 is 5.97 Å². The molecule has 1 unspecified atom stereocenters. The zero-order chi connectivity index (χ0) is 21.8. The zero-order valence-electron chi connectivity index (χ0n) is 16.1. The molecule has 29 heavy (non-hydrogen) atoms. The van der Waals surface area contributed by atoms with Crippen molar-refractivity contribution >= 4 is 28.0 Å². The minimum absolute atomic E-state index is 0.140. The number of nitrogens with zero attached hydrogens (tertiary/aromatic N) is 2. The molecular weight excluding hydrogens is 401 g/mol. The summed E-state index contributed by atoms with van der Waals surface area (Å²) in [4.78, 5) is 19.3. The maximum absolute atomic E-state index is 13.4. The summed E-state index contributed by atoms with van der Waals surface area (Å²) in [5.41, 5.74) is 1.76. The van der Waals surface area contributed by atoms with Gasteiger partial charge in [0.05, 0.1) is 30.2 Å². The van der Waals surface area contributed by atoms with Crippen LogP contribution < -0.4 is 4.72 Å². The van der Waals surface area contributed by atoms with Crippen molar-refractivity contribution in [3.8, 4) is 11.3 Å². The van der Waals surface area contributed by atoms with Gasteiger partial charge in [-0.3, -0.25) is 9.52 Å². The molecule has 0 radical (unpaired) electrons. The summed E-state index contributed by atoms with van der Waals surface area (Å²) in [5.74, 6) is -1.91. The van der Waals surface area contributed by atoms with E-state index >= 15 is 0 Å². The zero-order valence-corrected chi connectivity index (χ0v) is 16.9. The van der Waals surface area contributed by atoms with Crippen LogP contribution in [0.15, 0.2) is 30.3 Å². The van der Waals surface area contributed by atoms with Crippen molar-refractivity contribution < 1.29 is 27.8 Å². The second-order valence-corrected chi connectivity index (χ2v) is 8.50. The molecule has 0 aliphatic rings. The average molecular weight is 423 g/mol. The molecule has 0 spiro atoms. The molecule has 2 aromatic rings. The fraction of sp³-hybridized carbons (Fsp3) is 0.316. The van der Waals surface area contributed by atoms with E-state index in [1.54, 1.807) is 0 Å². The molecule has 156 valence electrons. The van der Waals surface area contributed by atoms with Crippen LogP contribution in [0.2, 0.25) is 0 Å². The van der Waals surface area contributed by atoms with Crippen molar-refractivity contribution in [1.29, 1.82) is 0 Å². The number of anilines is 1. The Labute approximate surface area is 168 Å². The van der Waals surface area contributed by atoms with Gasteiger partial charge in [-0.1, -0.05) is 26.0 Å². The third-order valence-corrected chi connectivity index (χ3v) is 4.34. The highest BCUT2D eigenvalue weighted by Gasteiger charge is 2.19. The van der Waals surface area contributed by atoms with Crippen molar-refractivity contribution in [3.05, 3.63) is 47.4 Å². The van der Waals surface area contributed by atoms with Crippen molar-refractivity contribution in [1.82, 2.24) is 9.97 Å². The number of hydrogen-bond acceptors (Lipinski definition) is 6. The number of carbonyl (C=O) groups is 1. The Morgan fingerprint density at radius 2 is 1.86 bits per heavy atom. The van der Waals surface area contributed by atoms with Crippen LogP contribution in [0.5, 0.6) is 0 Å².